The number of urea groups is 2. The van der Waals surface area contributed by atoms with Gasteiger partial charge in [0, 0.05) is 19.6 Å². The average molecular weight is 437 g/mol. The van der Waals surface area contributed by atoms with Crippen molar-refractivity contribution in [3.05, 3.63) is 60.7 Å². The molecule has 0 aromatic heterocycles. The first-order chi connectivity index (χ1) is 15.5. The van der Waals surface area contributed by atoms with Crippen LogP contribution in [0.5, 0.6) is 0 Å². The first-order valence-electron chi connectivity index (χ1n) is 11.7. The van der Waals surface area contributed by atoms with Gasteiger partial charge in [0.05, 0.1) is 11.4 Å². The second-order valence-corrected chi connectivity index (χ2v) is 9.06. The minimum atomic E-state index is -0.104. The highest BCUT2D eigenvalue weighted by Crippen LogP contribution is 2.29. The topological polar surface area (TPSA) is 73.5 Å². The molecule has 32 heavy (non-hydrogen) atoms. The largest absolute Gasteiger partial charge is 0.338 e. The Morgan fingerprint density at radius 2 is 1.25 bits per heavy atom. The molecule has 3 N–H and O–H groups in total. The standard InChI is InChI=1S/C26H36N4O2/c1-20(2)17-27-25(31)28-18-21-13-15-22(16-14-21)19-29-26(32)30(23-9-5-3-6-10-23)24-11-7-4-8-12-24/h3-12,20-22H,13-19H2,1-2H3,(H,29,32)(H2,27,28,31). The molecule has 2 aromatic carbocycles. The normalized spacial score (nSPS) is 18.1. The molecule has 0 radical (unpaired) electrons. The zero-order valence-electron chi connectivity index (χ0n) is 19.2. The highest BCUT2D eigenvalue weighted by atomic mass is 16.2. The van der Waals surface area contributed by atoms with E-state index in [1.165, 1.54) is 0 Å². The summed E-state index contributed by atoms with van der Waals surface area (Å²) in [5, 5.41) is 9.05. The zero-order chi connectivity index (χ0) is 22.8. The molecule has 3 rings (SSSR count). The van der Waals surface area contributed by atoms with E-state index in [0.717, 1.165) is 43.6 Å². The third kappa shape index (κ3) is 7.29. The van der Waals surface area contributed by atoms with Crippen LogP contribution in [0.4, 0.5) is 21.0 Å². The lowest BCUT2D eigenvalue weighted by Gasteiger charge is -2.30. The van der Waals surface area contributed by atoms with Gasteiger partial charge in [0.1, 0.15) is 0 Å². The fraction of sp³-hybridized carbons (Fsp3) is 0.462. The molecule has 1 fully saturated rings. The van der Waals surface area contributed by atoms with Gasteiger partial charge in [0.25, 0.3) is 0 Å². The van der Waals surface area contributed by atoms with Crippen LogP contribution < -0.4 is 20.9 Å². The quantitative estimate of drug-likeness (QED) is 0.526. The molecule has 1 aliphatic rings. The number of carbonyl (C=O) groups is 2. The fourth-order valence-electron chi connectivity index (χ4n) is 4.08. The lowest BCUT2D eigenvalue weighted by atomic mass is 9.82. The molecule has 172 valence electrons. The Hall–Kier alpha value is -3.02. The van der Waals surface area contributed by atoms with Gasteiger partial charge in [-0.05, 0) is 67.7 Å². The molecule has 0 bridgehead atoms. The maximum atomic E-state index is 13.1. The van der Waals surface area contributed by atoms with Gasteiger partial charge >= 0.3 is 12.1 Å². The second kappa shape index (κ2) is 12.1. The SMILES string of the molecule is CC(C)CNC(=O)NCC1CCC(CNC(=O)N(c2ccccc2)c2ccccc2)CC1. The molecule has 0 saturated heterocycles. The van der Waals surface area contributed by atoms with E-state index in [1.807, 2.05) is 60.7 Å². The van der Waals surface area contributed by atoms with E-state index < -0.39 is 0 Å². The van der Waals surface area contributed by atoms with Crippen molar-refractivity contribution >= 4 is 23.4 Å². The summed E-state index contributed by atoms with van der Waals surface area (Å²) >= 11 is 0. The smallest absolute Gasteiger partial charge is 0.326 e. The van der Waals surface area contributed by atoms with E-state index in [9.17, 15) is 9.59 Å². The molecule has 2 aromatic rings. The number of nitrogens with one attached hydrogen (secondary N) is 3. The van der Waals surface area contributed by atoms with Crippen molar-refractivity contribution < 1.29 is 9.59 Å². The Morgan fingerprint density at radius 1 is 0.781 bits per heavy atom. The maximum absolute atomic E-state index is 13.1. The summed E-state index contributed by atoms with van der Waals surface area (Å²) < 4.78 is 0. The summed E-state index contributed by atoms with van der Waals surface area (Å²) in [6.07, 6.45) is 4.28. The molecule has 0 unspecified atom stereocenters. The molecular formula is C26H36N4O2. The fourth-order valence-corrected chi connectivity index (χ4v) is 4.08. The average Bonchev–Trinajstić information content (AvgIpc) is 2.82. The van der Waals surface area contributed by atoms with Crippen LogP contribution >= 0.6 is 0 Å². The number of hydrogen-bond acceptors (Lipinski definition) is 2. The molecule has 4 amide bonds. The molecule has 1 aliphatic carbocycles. The highest BCUT2D eigenvalue weighted by molar-refractivity contribution is 5.99. The summed E-state index contributed by atoms with van der Waals surface area (Å²) in [6.45, 7) is 6.25. The van der Waals surface area contributed by atoms with Crippen LogP contribution in [0.1, 0.15) is 39.5 Å². The van der Waals surface area contributed by atoms with Crippen LogP contribution in [0.25, 0.3) is 0 Å². The Kier molecular flexibility index (Phi) is 8.96. The van der Waals surface area contributed by atoms with Gasteiger partial charge in [-0.3, -0.25) is 4.90 Å². The first kappa shape index (κ1) is 23.6. The van der Waals surface area contributed by atoms with Gasteiger partial charge in [0.15, 0.2) is 0 Å². The van der Waals surface area contributed by atoms with Crippen molar-refractivity contribution in [2.24, 2.45) is 17.8 Å². The molecule has 0 heterocycles. The van der Waals surface area contributed by atoms with E-state index in [1.54, 1.807) is 4.90 Å². The van der Waals surface area contributed by atoms with E-state index in [2.05, 4.69) is 29.8 Å². The summed E-state index contributed by atoms with van der Waals surface area (Å²) in [6, 6.07) is 19.3. The minimum absolute atomic E-state index is 0.0741. The molecule has 0 aliphatic heterocycles. The van der Waals surface area contributed by atoms with Crippen molar-refractivity contribution in [1.82, 2.24) is 16.0 Å². The van der Waals surface area contributed by atoms with Gasteiger partial charge in [0.2, 0.25) is 0 Å². The van der Waals surface area contributed by atoms with Crippen LogP contribution in [-0.2, 0) is 0 Å². The van der Waals surface area contributed by atoms with Crippen molar-refractivity contribution in [2.45, 2.75) is 39.5 Å². The van der Waals surface area contributed by atoms with Crippen molar-refractivity contribution in [3.8, 4) is 0 Å². The maximum Gasteiger partial charge on any atom is 0.326 e. The minimum Gasteiger partial charge on any atom is -0.338 e. The van der Waals surface area contributed by atoms with Crippen LogP contribution in [0.2, 0.25) is 0 Å². The van der Waals surface area contributed by atoms with Crippen LogP contribution in [0, 0.1) is 17.8 Å². The Bertz CT molecular complexity index is 794. The molecule has 1 saturated carbocycles. The molecular weight excluding hydrogens is 400 g/mol. The highest BCUT2D eigenvalue weighted by Gasteiger charge is 2.24. The monoisotopic (exact) mass is 436 g/mol. The Morgan fingerprint density at radius 3 is 1.72 bits per heavy atom. The van der Waals surface area contributed by atoms with E-state index in [4.69, 9.17) is 0 Å². The Balaban J connectivity index is 1.45. The van der Waals surface area contributed by atoms with Crippen molar-refractivity contribution in [1.29, 1.82) is 0 Å². The van der Waals surface area contributed by atoms with E-state index in [0.29, 0.717) is 30.8 Å². The van der Waals surface area contributed by atoms with Gasteiger partial charge < -0.3 is 16.0 Å². The first-order valence-corrected chi connectivity index (χ1v) is 11.7. The number of carbonyl (C=O) groups excluding carboxylic acids is 2. The van der Waals surface area contributed by atoms with Crippen molar-refractivity contribution in [2.75, 3.05) is 24.5 Å². The van der Waals surface area contributed by atoms with Crippen LogP contribution in [-0.4, -0.2) is 31.7 Å². The molecule has 6 nitrogen and oxygen atoms in total. The lowest BCUT2D eigenvalue weighted by molar-refractivity contribution is 0.225. The number of hydrogen-bond donors (Lipinski definition) is 3. The van der Waals surface area contributed by atoms with Crippen molar-refractivity contribution in [3.63, 3.8) is 0 Å². The number of benzene rings is 2. The number of amides is 4. The second-order valence-electron chi connectivity index (χ2n) is 9.06. The predicted molar refractivity (Wildman–Crippen MR) is 130 cm³/mol. The summed E-state index contributed by atoms with van der Waals surface area (Å²) in [7, 11) is 0. The van der Waals surface area contributed by atoms with E-state index >= 15 is 0 Å². The third-order valence-electron chi connectivity index (χ3n) is 5.96. The van der Waals surface area contributed by atoms with Gasteiger partial charge in [-0.25, -0.2) is 9.59 Å². The summed E-state index contributed by atoms with van der Waals surface area (Å²) in [5.41, 5.74) is 1.70. The number of nitrogens with zero attached hydrogens (tertiary/aromatic N) is 1. The predicted octanol–water partition coefficient (Wildman–Crippen LogP) is 5.30. The van der Waals surface area contributed by atoms with Gasteiger partial charge in [-0.1, -0.05) is 50.2 Å². The molecule has 0 atom stereocenters. The van der Waals surface area contributed by atoms with E-state index in [-0.39, 0.29) is 12.1 Å². The lowest BCUT2D eigenvalue weighted by Crippen LogP contribution is -2.42. The van der Waals surface area contributed by atoms with Gasteiger partial charge in [-0.15, -0.1) is 0 Å². The Labute approximate surface area is 191 Å². The molecule has 0 spiro atoms. The number of anilines is 2. The summed E-state index contributed by atoms with van der Waals surface area (Å²) in [4.78, 5) is 26.7. The van der Waals surface area contributed by atoms with Crippen LogP contribution in [0.3, 0.4) is 0 Å². The van der Waals surface area contributed by atoms with Crippen LogP contribution in [0.15, 0.2) is 60.7 Å². The third-order valence-corrected chi connectivity index (χ3v) is 5.96. The zero-order valence-corrected chi connectivity index (χ0v) is 19.2. The summed E-state index contributed by atoms with van der Waals surface area (Å²) in [5.74, 6) is 1.43. The number of rotatable bonds is 8. The van der Waals surface area contributed by atoms with Gasteiger partial charge in [-0.2, -0.15) is 0 Å². The molecule has 6 heteroatoms. The number of para-hydroxylation sites is 2.